The van der Waals surface area contributed by atoms with Gasteiger partial charge in [0.1, 0.15) is 0 Å². The molecule has 0 saturated carbocycles. The van der Waals surface area contributed by atoms with E-state index in [4.69, 9.17) is 10.2 Å². The van der Waals surface area contributed by atoms with E-state index < -0.39 is 0 Å². The van der Waals surface area contributed by atoms with Crippen LogP contribution in [0.2, 0.25) is 0 Å². The van der Waals surface area contributed by atoms with E-state index in [1.54, 1.807) is 0 Å². The van der Waals surface area contributed by atoms with E-state index in [1.165, 1.54) is 33.4 Å². The van der Waals surface area contributed by atoms with Crippen molar-refractivity contribution in [3.8, 4) is 55.9 Å². The predicted octanol–water partition coefficient (Wildman–Crippen LogP) is 12.8. The average Bonchev–Trinajstić information content (AvgIpc) is 3.85. The molecule has 0 N–H and O–H groups in total. The third-order valence-corrected chi connectivity index (χ3v) is 10.0. The molecular weight excluding hydrogens is 828 g/mol. The Hall–Kier alpha value is -4.79. The largest absolute Gasteiger partial charge is 2.00 e. The number of nitrogens with zero attached hydrogens (tertiary/aromatic N) is 4. The summed E-state index contributed by atoms with van der Waals surface area (Å²) in [5.41, 5.74) is 16.2. The number of rotatable bonds is 10. The van der Waals surface area contributed by atoms with E-state index in [-0.39, 0.29) is 21.1 Å². The Kier molecular flexibility index (Phi) is 11.5. The van der Waals surface area contributed by atoms with Crippen LogP contribution in [0.1, 0.15) is 101 Å². The van der Waals surface area contributed by atoms with Crippen molar-refractivity contribution >= 4 is 0 Å². The van der Waals surface area contributed by atoms with Crippen molar-refractivity contribution in [3.05, 3.63) is 156 Å². The SMILES string of the molecule is CC(C)c1cccc(C(C)C)c1-c1cnn(-c2[c-]c(-c3ccccc3-c3[c-]c(-n4cc(-c5c(C(C)C)cccc5C(C)C)cn4)ccc3)ccc2)c1.[Pt+2]. The zero-order valence-corrected chi connectivity index (χ0v) is 34.2. The van der Waals surface area contributed by atoms with Crippen molar-refractivity contribution in [2.75, 3.05) is 0 Å². The number of aromatic nitrogens is 4. The molecule has 5 heteroatoms. The standard InChI is InChI=1S/C48H48N4.Pt/c1-31(2)41-21-13-22-42(32(3)4)47(41)37-27-49-51(29-37)39-17-11-15-35(25-39)45-19-9-10-20-46(45)36-16-12-18-40(26-36)52-30-38(28-50-52)48-43(33(5)6)23-14-24-44(48)34(7)8;/h9-24,27-34H,1-8H3;/q-2;+2. The summed E-state index contributed by atoms with van der Waals surface area (Å²) in [6, 6.07) is 41.8. The number of benzene rings is 5. The molecule has 0 unspecified atom stereocenters. The molecule has 0 radical (unpaired) electrons. The van der Waals surface area contributed by atoms with Gasteiger partial charge in [0.05, 0.1) is 12.4 Å². The van der Waals surface area contributed by atoms with Crippen LogP contribution < -0.4 is 0 Å². The summed E-state index contributed by atoms with van der Waals surface area (Å²) in [6.45, 7) is 18.1. The summed E-state index contributed by atoms with van der Waals surface area (Å²) in [5, 5.41) is 9.69. The molecule has 2 aromatic heterocycles. The molecule has 7 aromatic rings. The van der Waals surface area contributed by atoms with Gasteiger partial charge >= 0.3 is 21.1 Å². The summed E-state index contributed by atoms with van der Waals surface area (Å²) in [5.74, 6) is 1.64. The van der Waals surface area contributed by atoms with Gasteiger partial charge in [-0.25, -0.2) is 0 Å². The fourth-order valence-electron chi connectivity index (χ4n) is 7.38. The topological polar surface area (TPSA) is 35.6 Å². The first-order valence-corrected chi connectivity index (χ1v) is 18.6. The van der Waals surface area contributed by atoms with Crippen molar-refractivity contribution in [3.63, 3.8) is 0 Å². The second-order valence-electron chi connectivity index (χ2n) is 15.0. The Bertz CT molecular complexity index is 2120. The van der Waals surface area contributed by atoms with Crippen molar-refractivity contribution in [1.29, 1.82) is 0 Å². The van der Waals surface area contributed by atoms with Crippen LogP contribution >= 0.6 is 0 Å². The Morgan fingerprint density at radius 2 is 0.774 bits per heavy atom. The van der Waals surface area contributed by atoms with Gasteiger partial charge in [-0.05, 0) is 68.4 Å². The van der Waals surface area contributed by atoms with Crippen LogP contribution in [0.4, 0.5) is 0 Å². The zero-order valence-electron chi connectivity index (χ0n) is 32.0. The molecule has 0 amide bonds. The van der Waals surface area contributed by atoms with E-state index in [0.717, 1.165) is 44.8 Å². The maximum absolute atomic E-state index is 4.85. The Morgan fingerprint density at radius 1 is 0.434 bits per heavy atom. The van der Waals surface area contributed by atoms with Crippen LogP contribution in [0, 0.1) is 12.1 Å². The van der Waals surface area contributed by atoms with Gasteiger partial charge in [0.25, 0.3) is 0 Å². The van der Waals surface area contributed by atoms with Crippen molar-refractivity contribution in [2.45, 2.75) is 79.1 Å². The van der Waals surface area contributed by atoms with Crippen molar-refractivity contribution in [2.24, 2.45) is 0 Å². The normalized spacial score (nSPS) is 11.5. The van der Waals surface area contributed by atoms with E-state index in [9.17, 15) is 0 Å². The van der Waals surface area contributed by atoms with Gasteiger partial charge in [-0.15, -0.1) is 82.9 Å². The second kappa shape index (κ2) is 16.1. The van der Waals surface area contributed by atoms with Crippen LogP contribution in [0.3, 0.4) is 0 Å². The van der Waals surface area contributed by atoms with Crippen molar-refractivity contribution in [1.82, 2.24) is 19.6 Å². The molecule has 0 aliphatic heterocycles. The molecular formula is C48H48N4Pt. The molecule has 0 atom stereocenters. The summed E-state index contributed by atoms with van der Waals surface area (Å²) < 4.78 is 3.90. The summed E-state index contributed by atoms with van der Waals surface area (Å²) in [4.78, 5) is 0. The van der Waals surface area contributed by atoms with Gasteiger partial charge in [0.15, 0.2) is 0 Å². The Labute approximate surface area is 330 Å². The summed E-state index contributed by atoms with van der Waals surface area (Å²) in [7, 11) is 0. The van der Waals surface area contributed by atoms with E-state index in [0.29, 0.717) is 23.7 Å². The molecule has 53 heavy (non-hydrogen) atoms. The fraction of sp³-hybridized carbons (Fsp3) is 0.250. The minimum Gasteiger partial charge on any atom is -0.259 e. The maximum atomic E-state index is 4.85. The van der Waals surface area contributed by atoms with Gasteiger partial charge in [-0.2, -0.15) is 10.2 Å². The molecule has 0 fully saturated rings. The zero-order chi connectivity index (χ0) is 36.5. The van der Waals surface area contributed by atoms with Crippen LogP contribution in [-0.4, -0.2) is 19.6 Å². The average molecular weight is 876 g/mol. The molecule has 5 aromatic carbocycles. The molecule has 7 rings (SSSR count). The fourth-order valence-corrected chi connectivity index (χ4v) is 7.38. The van der Waals surface area contributed by atoms with E-state index in [1.807, 2.05) is 21.8 Å². The molecule has 0 aliphatic carbocycles. The first-order valence-electron chi connectivity index (χ1n) is 18.6. The molecule has 0 spiro atoms. The number of hydrogen-bond acceptors (Lipinski definition) is 2. The molecule has 0 bridgehead atoms. The van der Waals surface area contributed by atoms with Crippen molar-refractivity contribution < 1.29 is 21.1 Å². The first-order chi connectivity index (χ1) is 25.1. The molecule has 0 saturated heterocycles. The minimum absolute atomic E-state index is 0. The monoisotopic (exact) mass is 875 g/mol. The molecule has 4 nitrogen and oxygen atoms in total. The van der Waals surface area contributed by atoms with Gasteiger partial charge in [-0.3, -0.25) is 9.36 Å². The van der Waals surface area contributed by atoms with E-state index in [2.05, 4.69) is 177 Å². The maximum Gasteiger partial charge on any atom is 2.00 e. The Morgan fingerprint density at radius 3 is 1.11 bits per heavy atom. The first kappa shape index (κ1) is 37.9. The molecule has 0 aliphatic rings. The van der Waals surface area contributed by atoms with Gasteiger partial charge in [0, 0.05) is 23.5 Å². The third kappa shape index (κ3) is 7.66. The summed E-state index contributed by atoms with van der Waals surface area (Å²) >= 11 is 0. The van der Waals surface area contributed by atoms with Gasteiger partial charge in [0.2, 0.25) is 0 Å². The quantitative estimate of drug-likeness (QED) is 0.128. The Balaban J connectivity index is 0.00000481. The predicted molar refractivity (Wildman–Crippen MR) is 216 cm³/mol. The van der Waals surface area contributed by atoms with Gasteiger partial charge in [-0.1, -0.05) is 104 Å². The van der Waals surface area contributed by atoms with Crippen LogP contribution in [0.15, 0.2) is 122 Å². The molecule has 270 valence electrons. The van der Waals surface area contributed by atoms with Gasteiger partial charge < -0.3 is 0 Å². The van der Waals surface area contributed by atoms with Crippen LogP contribution in [0.5, 0.6) is 0 Å². The van der Waals surface area contributed by atoms with E-state index >= 15 is 0 Å². The second-order valence-corrected chi connectivity index (χ2v) is 15.0. The molecule has 2 heterocycles. The van der Waals surface area contributed by atoms with Crippen LogP contribution in [-0.2, 0) is 21.1 Å². The summed E-state index contributed by atoms with van der Waals surface area (Å²) in [6.07, 6.45) is 8.28. The minimum atomic E-state index is 0. The smallest absolute Gasteiger partial charge is 0.259 e. The van der Waals surface area contributed by atoms with Crippen LogP contribution in [0.25, 0.3) is 55.9 Å². The third-order valence-electron chi connectivity index (χ3n) is 10.0. The number of hydrogen-bond donors (Lipinski definition) is 0.